The van der Waals surface area contributed by atoms with Gasteiger partial charge in [0.2, 0.25) is 10.0 Å². The Kier molecular flexibility index (Phi) is 5.44. The molecule has 1 aromatic carbocycles. The maximum absolute atomic E-state index is 12.4. The van der Waals surface area contributed by atoms with Crippen LogP contribution in [-0.2, 0) is 10.0 Å². The van der Waals surface area contributed by atoms with Crippen LogP contribution in [-0.4, -0.2) is 31.2 Å². The van der Waals surface area contributed by atoms with Crippen LogP contribution < -0.4 is 0 Å². The number of halogens is 2. The summed E-state index contributed by atoms with van der Waals surface area (Å²) >= 11 is 8.92. The van der Waals surface area contributed by atoms with Crippen molar-refractivity contribution in [1.82, 2.24) is 4.31 Å². The molecule has 0 heterocycles. The van der Waals surface area contributed by atoms with Crippen LogP contribution in [0.25, 0.3) is 0 Å². The number of alkyl halides is 1. The zero-order valence-electron chi connectivity index (χ0n) is 9.73. The van der Waals surface area contributed by atoms with E-state index in [0.717, 1.165) is 4.47 Å². The van der Waals surface area contributed by atoms with Crippen LogP contribution in [0.15, 0.2) is 33.6 Å². The van der Waals surface area contributed by atoms with E-state index in [9.17, 15) is 8.42 Å². The van der Waals surface area contributed by atoms with E-state index in [-0.39, 0.29) is 16.8 Å². The monoisotopic (exact) mass is 339 g/mol. The van der Waals surface area contributed by atoms with Crippen LogP contribution >= 0.6 is 27.5 Å². The number of hydrogen-bond acceptors (Lipinski definition) is 2. The molecule has 0 fully saturated rings. The molecule has 0 saturated carbocycles. The summed E-state index contributed by atoms with van der Waals surface area (Å²) in [5.74, 6) is 0.283. The molecule has 17 heavy (non-hydrogen) atoms. The Morgan fingerprint density at radius 2 is 2.06 bits per heavy atom. The Morgan fingerprint density at radius 1 is 1.41 bits per heavy atom. The fourth-order valence-corrected chi connectivity index (χ4v) is 4.02. The maximum Gasteiger partial charge on any atom is 0.243 e. The van der Waals surface area contributed by atoms with Gasteiger partial charge in [-0.05, 0) is 32.0 Å². The maximum atomic E-state index is 12.4. The van der Waals surface area contributed by atoms with E-state index < -0.39 is 10.0 Å². The van der Waals surface area contributed by atoms with Crippen LogP contribution in [0, 0.1) is 0 Å². The Hall–Kier alpha value is -0.100. The predicted molar refractivity (Wildman–Crippen MR) is 73.9 cm³/mol. The van der Waals surface area contributed by atoms with Crippen molar-refractivity contribution in [1.29, 1.82) is 0 Å². The van der Waals surface area contributed by atoms with Crippen molar-refractivity contribution < 1.29 is 8.42 Å². The number of hydrogen-bond donors (Lipinski definition) is 0. The second-order valence-corrected chi connectivity index (χ2v) is 7.04. The van der Waals surface area contributed by atoms with Crippen LogP contribution in [0.5, 0.6) is 0 Å². The molecule has 0 saturated heterocycles. The van der Waals surface area contributed by atoms with Crippen molar-refractivity contribution in [3.63, 3.8) is 0 Å². The van der Waals surface area contributed by atoms with Gasteiger partial charge in [-0.3, -0.25) is 0 Å². The average Bonchev–Trinajstić information content (AvgIpc) is 2.25. The van der Waals surface area contributed by atoms with Crippen molar-refractivity contribution in [3.8, 4) is 0 Å². The van der Waals surface area contributed by atoms with Crippen molar-refractivity contribution in [2.75, 3.05) is 12.4 Å². The highest BCUT2D eigenvalue weighted by Crippen LogP contribution is 2.21. The highest BCUT2D eigenvalue weighted by molar-refractivity contribution is 9.10. The molecule has 96 valence electrons. The average molecular weight is 341 g/mol. The topological polar surface area (TPSA) is 37.4 Å². The van der Waals surface area contributed by atoms with Gasteiger partial charge >= 0.3 is 0 Å². The highest BCUT2D eigenvalue weighted by Gasteiger charge is 2.26. The lowest BCUT2D eigenvalue weighted by Gasteiger charge is -2.25. The quantitative estimate of drug-likeness (QED) is 0.772. The van der Waals surface area contributed by atoms with E-state index in [1.54, 1.807) is 24.3 Å². The van der Waals surface area contributed by atoms with Crippen LogP contribution in [0.1, 0.15) is 13.8 Å². The molecule has 0 radical (unpaired) electrons. The third-order valence-electron chi connectivity index (χ3n) is 2.28. The summed E-state index contributed by atoms with van der Waals surface area (Å²) in [5, 5.41) is 0. The molecule has 1 rings (SSSR count). The second-order valence-electron chi connectivity index (χ2n) is 3.86. The van der Waals surface area contributed by atoms with E-state index in [2.05, 4.69) is 15.9 Å². The number of nitrogens with zero attached hydrogens (tertiary/aromatic N) is 1. The van der Waals surface area contributed by atoms with Crippen LogP contribution in [0.2, 0.25) is 0 Å². The summed E-state index contributed by atoms with van der Waals surface area (Å²) in [6, 6.07) is 6.57. The molecular formula is C11H15BrClNO2S. The third-order valence-corrected chi connectivity index (χ3v) is 5.02. The van der Waals surface area contributed by atoms with E-state index in [0.29, 0.717) is 6.54 Å². The van der Waals surface area contributed by atoms with Crippen molar-refractivity contribution in [2.24, 2.45) is 0 Å². The SMILES string of the molecule is CC(C)N(CCCl)S(=O)(=O)c1cccc(Br)c1. The lowest BCUT2D eigenvalue weighted by atomic mass is 10.4. The normalized spacial score (nSPS) is 12.4. The van der Waals surface area contributed by atoms with Gasteiger partial charge in [-0.2, -0.15) is 4.31 Å². The predicted octanol–water partition coefficient (Wildman–Crippen LogP) is 3.09. The summed E-state index contributed by atoms with van der Waals surface area (Å²) in [4.78, 5) is 0.283. The van der Waals surface area contributed by atoms with Gasteiger partial charge in [-0.25, -0.2) is 8.42 Å². The summed E-state index contributed by atoms with van der Waals surface area (Å²) in [6.45, 7) is 3.98. The van der Waals surface area contributed by atoms with E-state index in [1.807, 2.05) is 13.8 Å². The minimum absolute atomic E-state index is 0.113. The van der Waals surface area contributed by atoms with Crippen molar-refractivity contribution in [3.05, 3.63) is 28.7 Å². The fourth-order valence-electron chi connectivity index (χ4n) is 1.50. The minimum atomic E-state index is -3.47. The first-order chi connectivity index (χ1) is 7.89. The van der Waals surface area contributed by atoms with E-state index in [4.69, 9.17) is 11.6 Å². The fraction of sp³-hybridized carbons (Fsp3) is 0.455. The first kappa shape index (κ1) is 15.0. The van der Waals surface area contributed by atoms with Gasteiger partial charge < -0.3 is 0 Å². The molecule has 0 aromatic heterocycles. The van der Waals surface area contributed by atoms with Gasteiger partial charge in [0.05, 0.1) is 4.90 Å². The molecule has 0 N–H and O–H groups in total. The van der Waals surface area contributed by atoms with Gasteiger partial charge in [0.25, 0.3) is 0 Å². The highest BCUT2D eigenvalue weighted by atomic mass is 79.9. The Bertz CT molecular complexity index is 476. The Morgan fingerprint density at radius 3 is 2.53 bits per heavy atom. The van der Waals surface area contributed by atoms with Gasteiger partial charge in [0.15, 0.2) is 0 Å². The smallest absolute Gasteiger partial charge is 0.207 e. The third kappa shape index (κ3) is 3.68. The second kappa shape index (κ2) is 6.18. The van der Waals surface area contributed by atoms with Gasteiger partial charge in [-0.15, -0.1) is 11.6 Å². The van der Waals surface area contributed by atoms with Gasteiger partial charge in [0, 0.05) is 22.9 Å². The summed E-state index contributed by atoms with van der Waals surface area (Å²) < 4.78 is 26.9. The van der Waals surface area contributed by atoms with Crippen LogP contribution in [0.4, 0.5) is 0 Å². The zero-order chi connectivity index (χ0) is 13.1. The molecule has 1 aromatic rings. The Labute approximate surface area is 116 Å². The van der Waals surface area contributed by atoms with Crippen LogP contribution in [0.3, 0.4) is 0 Å². The van der Waals surface area contributed by atoms with Crippen molar-refractivity contribution >= 4 is 37.6 Å². The zero-order valence-corrected chi connectivity index (χ0v) is 12.9. The largest absolute Gasteiger partial charge is 0.243 e. The molecule has 0 aliphatic rings. The number of sulfonamides is 1. The van der Waals surface area contributed by atoms with E-state index >= 15 is 0 Å². The molecule has 6 heteroatoms. The molecule has 0 aliphatic heterocycles. The molecule has 0 bridgehead atoms. The van der Waals surface area contributed by atoms with Gasteiger partial charge in [-0.1, -0.05) is 22.0 Å². The molecule has 0 amide bonds. The molecule has 0 atom stereocenters. The Balaban J connectivity index is 3.16. The summed E-state index contributed by atoms with van der Waals surface area (Å²) in [7, 11) is -3.47. The molecule has 3 nitrogen and oxygen atoms in total. The molecule has 0 spiro atoms. The lowest BCUT2D eigenvalue weighted by Crippen LogP contribution is -2.38. The molecule has 0 aliphatic carbocycles. The number of benzene rings is 1. The standard InChI is InChI=1S/C11H15BrClNO2S/c1-9(2)14(7-6-13)17(15,16)11-5-3-4-10(12)8-11/h3-5,8-9H,6-7H2,1-2H3. The minimum Gasteiger partial charge on any atom is -0.207 e. The van der Waals surface area contributed by atoms with Gasteiger partial charge in [0.1, 0.15) is 0 Å². The molecule has 0 unspecified atom stereocenters. The summed E-state index contributed by atoms with van der Waals surface area (Å²) in [6.07, 6.45) is 0. The summed E-state index contributed by atoms with van der Waals surface area (Å²) in [5.41, 5.74) is 0. The number of rotatable bonds is 5. The van der Waals surface area contributed by atoms with Crippen molar-refractivity contribution in [2.45, 2.75) is 24.8 Å². The first-order valence-electron chi connectivity index (χ1n) is 5.23. The van der Waals surface area contributed by atoms with E-state index in [1.165, 1.54) is 4.31 Å². The molecular weight excluding hydrogens is 326 g/mol. The first-order valence-corrected chi connectivity index (χ1v) is 7.99. The lowest BCUT2D eigenvalue weighted by molar-refractivity contribution is 0.370.